The average molecular weight is 282 g/mol. The molecule has 20 heavy (non-hydrogen) atoms. The van der Waals surface area contributed by atoms with Crippen LogP contribution in [0.3, 0.4) is 0 Å². The van der Waals surface area contributed by atoms with E-state index in [9.17, 15) is 14.7 Å². The second kappa shape index (κ2) is 6.02. The molecule has 4 atom stereocenters. The average Bonchev–Trinajstić information content (AvgIpc) is 2.38. The molecule has 2 saturated heterocycles. The predicted molar refractivity (Wildman–Crippen MR) is 76.5 cm³/mol. The lowest BCUT2D eigenvalue weighted by atomic mass is 9.92. The lowest BCUT2D eigenvalue weighted by molar-refractivity contribution is -0.144. The normalized spacial score (nSPS) is 35.0. The number of urea groups is 1. The summed E-state index contributed by atoms with van der Waals surface area (Å²) in [7, 11) is 0. The summed E-state index contributed by atoms with van der Waals surface area (Å²) >= 11 is 0. The van der Waals surface area contributed by atoms with Crippen LogP contribution in [0.5, 0.6) is 0 Å². The van der Waals surface area contributed by atoms with Crippen molar-refractivity contribution in [2.24, 2.45) is 5.92 Å². The highest BCUT2D eigenvalue weighted by Crippen LogP contribution is 2.28. The second-order valence-corrected chi connectivity index (χ2v) is 6.50. The molecule has 2 heterocycles. The number of carbonyl (C=O) groups excluding carboxylic acids is 1. The zero-order valence-electron chi connectivity index (χ0n) is 12.7. The Bertz CT molecular complexity index is 375. The van der Waals surface area contributed by atoms with Crippen molar-refractivity contribution < 1.29 is 14.7 Å². The molecule has 0 aliphatic carbocycles. The van der Waals surface area contributed by atoms with E-state index < -0.39 is 12.0 Å². The van der Waals surface area contributed by atoms with E-state index in [1.165, 1.54) is 0 Å². The van der Waals surface area contributed by atoms with Crippen molar-refractivity contribution in [3.05, 3.63) is 0 Å². The monoisotopic (exact) mass is 282 g/mol. The molecule has 2 amide bonds. The molecule has 0 aromatic carbocycles. The zero-order chi connectivity index (χ0) is 14.9. The molecule has 1 N–H and O–H groups in total. The van der Waals surface area contributed by atoms with E-state index in [2.05, 4.69) is 20.8 Å². The molecule has 4 unspecified atom stereocenters. The van der Waals surface area contributed by atoms with Crippen molar-refractivity contribution >= 4 is 12.0 Å². The van der Waals surface area contributed by atoms with Crippen LogP contribution in [0.1, 0.15) is 52.9 Å². The lowest BCUT2D eigenvalue weighted by Gasteiger charge is -2.45. The van der Waals surface area contributed by atoms with Crippen LogP contribution in [0, 0.1) is 5.92 Å². The number of piperidine rings is 2. The first-order chi connectivity index (χ1) is 9.41. The Balaban J connectivity index is 2.15. The van der Waals surface area contributed by atoms with Gasteiger partial charge in [0.25, 0.3) is 0 Å². The molecule has 0 aromatic rings. The first kappa shape index (κ1) is 15.1. The van der Waals surface area contributed by atoms with E-state index in [1.54, 1.807) is 4.90 Å². The topological polar surface area (TPSA) is 60.9 Å². The molecule has 5 nitrogen and oxygen atoms in total. The third kappa shape index (κ3) is 2.91. The van der Waals surface area contributed by atoms with Crippen LogP contribution < -0.4 is 0 Å². The van der Waals surface area contributed by atoms with Gasteiger partial charge in [0.1, 0.15) is 6.04 Å². The Labute approximate surface area is 120 Å². The first-order valence-electron chi connectivity index (χ1n) is 7.73. The molecule has 2 rings (SSSR count). The highest BCUT2D eigenvalue weighted by Gasteiger charge is 2.39. The molecule has 5 heteroatoms. The molecule has 0 spiro atoms. The summed E-state index contributed by atoms with van der Waals surface area (Å²) in [6, 6.07) is -0.323. The number of nitrogens with zero attached hydrogens (tertiary/aromatic N) is 2. The maximum absolute atomic E-state index is 12.8. The van der Waals surface area contributed by atoms with Gasteiger partial charge < -0.3 is 14.9 Å². The first-order valence-corrected chi connectivity index (χ1v) is 7.73. The molecule has 2 aliphatic heterocycles. The maximum atomic E-state index is 12.8. The number of carbonyl (C=O) groups is 2. The number of hydrogen-bond acceptors (Lipinski definition) is 2. The van der Waals surface area contributed by atoms with Crippen molar-refractivity contribution in [3.8, 4) is 0 Å². The zero-order valence-corrected chi connectivity index (χ0v) is 12.7. The van der Waals surface area contributed by atoms with Gasteiger partial charge in [-0.05, 0) is 51.9 Å². The minimum absolute atomic E-state index is 0.0796. The molecule has 114 valence electrons. The molecule has 0 radical (unpaired) electrons. The number of rotatable bonds is 1. The summed E-state index contributed by atoms with van der Waals surface area (Å²) in [6.45, 7) is 6.75. The largest absolute Gasteiger partial charge is 0.480 e. The second-order valence-electron chi connectivity index (χ2n) is 6.50. The third-order valence-corrected chi connectivity index (χ3v) is 4.81. The number of carboxylic acids is 1. The summed E-state index contributed by atoms with van der Waals surface area (Å²) in [5.41, 5.74) is 0. The highest BCUT2D eigenvalue weighted by molar-refractivity contribution is 5.83. The van der Waals surface area contributed by atoms with Crippen LogP contribution >= 0.6 is 0 Å². The minimum atomic E-state index is -0.873. The van der Waals surface area contributed by atoms with Gasteiger partial charge in [0, 0.05) is 18.6 Å². The van der Waals surface area contributed by atoms with Crippen molar-refractivity contribution in [2.75, 3.05) is 6.54 Å². The fourth-order valence-electron chi connectivity index (χ4n) is 3.55. The Hall–Kier alpha value is -1.26. The third-order valence-electron chi connectivity index (χ3n) is 4.81. The number of likely N-dealkylation sites (tertiary alicyclic amines) is 2. The fraction of sp³-hybridized carbons (Fsp3) is 0.867. The van der Waals surface area contributed by atoms with E-state index >= 15 is 0 Å². The molecule has 2 aliphatic rings. The van der Waals surface area contributed by atoms with Gasteiger partial charge in [-0.2, -0.15) is 0 Å². The summed E-state index contributed by atoms with van der Waals surface area (Å²) in [5.74, 6) is -0.501. The van der Waals surface area contributed by atoms with Crippen LogP contribution in [0.15, 0.2) is 0 Å². The molecule has 0 aromatic heterocycles. The molecule has 2 fully saturated rings. The number of hydrogen-bond donors (Lipinski definition) is 1. The summed E-state index contributed by atoms with van der Waals surface area (Å²) < 4.78 is 0. The Morgan fingerprint density at radius 3 is 2.20 bits per heavy atom. The molecular weight excluding hydrogens is 256 g/mol. The van der Waals surface area contributed by atoms with Crippen LogP contribution in [0.25, 0.3) is 0 Å². The lowest BCUT2D eigenvalue weighted by Crippen LogP contribution is -2.58. The van der Waals surface area contributed by atoms with Crippen molar-refractivity contribution in [1.29, 1.82) is 0 Å². The smallest absolute Gasteiger partial charge is 0.326 e. The number of carboxylic acid groups (broad SMARTS) is 1. The van der Waals surface area contributed by atoms with Gasteiger partial charge in [0.15, 0.2) is 0 Å². The van der Waals surface area contributed by atoms with Gasteiger partial charge in [-0.25, -0.2) is 9.59 Å². The Morgan fingerprint density at radius 2 is 1.65 bits per heavy atom. The van der Waals surface area contributed by atoms with Crippen LogP contribution in [0.4, 0.5) is 4.79 Å². The molecule has 0 bridgehead atoms. The van der Waals surface area contributed by atoms with Crippen LogP contribution in [-0.4, -0.2) is 51.6 Å². The van der Waals surface area contributed by atoms with Crippen molar-refractivity contribution in [1.82, 2.24) is 9.80 Å². The highest BCUT2D eigenvalue weighted by atomic mass is 16.4. The van der Waals surface area contributed by atoms with E-state index in [1.807, 2.05) is 4.90 Å². The van der Waals surface area contributed by atoms with Crippen LogP contribution in [0.2, 0.25) is 0 Å². The predicted octanol–water partition coefficient (Wildman–Crippen LogP) is 2.55. The van der Waals surface area contributed by atoms with E-state index in [4.69, 9.17) is 0 Å². The summed E-state index contributed by atoms with van der Waals surface area (Å²) in [4.78, 5) is 27.7. The Morgan fingerprint density at radius 1 is 1.05 bits per heavy atom. The Kier molecular flexibility index (Phi) is 4.55. The molecule has 0 saturated carbocycles. The quantitative estimate of drug-likeness (QED) is 0.804. The number of amides is 2. The van der Waals surface area contributed by atoms with E-state index in [0.29, 0.717) is 18.9 Å². The summed E-state index contributed by atoms with van der Waals surface area (Å²) in [6.07, 6.45) is 4.63. The van der Waals surface area contributed by atoms with Gasteiger partial charge in [0.05, 0.1) is 0 Å². The van der Waals surface area contributed by atoms with Gasteiger partial charge in [-0.1, -0.05) is 6.92 Å². The standard InChI is InChI=1S/C15H26N2O3/c1-10-7-8-16(13(9-10)14(18)19)15(20)17-11(2)5-4-6-12(17)3/h10-13H,4-9H2,1-3H3,(H,18,19). The van der Waals surface area contributed by atoms with Gasteiger partial charge in [-0.3, -0.25) is 0 Å². The SMILES string of the molecule is CC1CCN(C(=O)N2C(C)CCCC2C)C(C(=O)O)C1. The van der Waals surface area contributed by atoms with Crippen molar-refractivity contribution in [2.45, 2.75) is 71.0 Å². The van der Waals surface area contributed by atoms with Gasteiger partial charge >= 0.3 is 12.0 Å². The maximum Gasteiger partial charge on any atom is 0.326 e. The minimum Gasteiger partial charge on any atom is -0.480 e. The fourth-order valence-corrected chi connectivity index (χ4v) is 3.55. The number of aliphatic carboxylic acids is 1. The van der Waals surface area contributed by atoms with Gasteiger partial charge in [-0.15, -0.1) is 0 Å². The van der Waals surface area contributed by atoms with Gasteiger partial charge in [0.2, 0.25) is 0 Å². The van der Waals surface area contributed by atoms with E-state index in [0.717, 1.165) is 25.7 Å². The molecular formula is C15H26N2O3. The summed E-state index contributed by atoms with van der Waals surface area (Å²) in [5, 5.41) is 9.39. The van der Waals surface area contributed by atoms with Crippen LogP contribution in [-0.2, 0) is 4.79 Å². The van der Waals surface area contributed by atoms with Crippen molar-refractivity contribution in [3.63, 3.8) is 0 Å². The van der Waals surface area contributed by atoms with E-state index in [-0.39, 0.29) is 18.1 Å².